The van der Waals surface area contributed by atoms with Crippen LogP contribution >= 0.6 is 11.6 Å². The molecule has 0 bridgehead atoms. The second-order valence-electron chi connectivity index (χ2n) is 27.7. The second-order valence-corrected chi connectivity index (χ2v) is 28.1. The summed E-state index contributed by atoms with van der Waals surface area (Å²) in [6, 6.07) is -0.140. The SMILES string of the molecule is C=C(N)[C@@H]1CCCN1c1nc(C)nc(Cl)n1.CCC(=O)[C@@H]1CCCN1c1nc(C)nc(C)n1.Cc1nc(C)nc(N2CCC[C@H]2C(N)=O)n1.Cc1nc(C)nc(N2CCC[C@H]2C(N)=O)n1.Cc1nc(C)nc(N2CCC[C@H]2CO)n1.Cc1nc(C)nc(N2CCC[C@H]2CO)n1.[C-]#[N+][C@@H]1CCCN1c1nc(C)nc(C)n1. The number of nitrogens with two attached hydrogens (primary N) is 3. The standard InChI is InChI=1S/C12H18N4O.C10H14ClN5.2C10H15N5O.C10H13N5.2C10H16N4O/c1-4-11(17)10-6-5-7-16(10)12-14-8(2)13-9(3)15-12;1-6(12)8-4-3-5-16(8)10-14-7(2)13-9(11)15-10;2*1-6-12-7(2)14-10(13-6)15-5-3-4-8(15)9(11)16;1-7-12-8(2)14-10(13-7)15-6-4-5-9(15)11-3;2*1-7-11-8(2)13-10(12-7)14-5-3-4-9(14)6-15/h10H,4-7H2,1-3H3;8H,1,3-5,12H2,2H3;2*8H,3-5H2,1-2H3,(H2,11,16);9H,4-6H2,1-2H3;2*9,15H,3-6H2,1-2H3/t10-;3*8-;3*9-/m0000000/s1. The topological polar surface area (TPSA) is 467 Å². The molecule has 0 spiro atoms. The van der Waals surface area contributed by atoms with Gasteiger partial charge in [0.25, 0.3) is 0 Å². The van der Waals surface area contributed by atoms with E-state index in [-0.39, 0.29) is 78.5 Å². The van der Waals surface area contributed by atoms with Crippen LogP contribution in [-0.4, -0.2) is 234 Å². The number of aliphatic hydroxyl groups excluding tert-OH is 2. The number of rotatable bonds is 14. The lowest BCUT2D eigenvalue weighted by Crippen LogP contribution is -2.41. The Morgan fingerprint density at radius 1 is 0.364 bits per heavy atom. The molecule has 0 saturated carbocycles. The highest BCUT2D eigenvalue weighted by Crippen LogP contribution is 2.30. The third kappa shape index (κ3) is 23.8. The highest BCUT2D eigenvalue weighted by atomic mass is 35.5. The summed E-state index contributed by atoms with van der Waals surface area (Å²) in [5, 5.41) is 18.7. The van der Waals surface area contributed by atoms with Crippen LogP contribution in [0.2, 0.25) is 5.28 Å². The zero-order valence-corrected chi connectivity index (χ0v) is 66.7. The molecule has 2 amide bonds. The molecule has 8 N–H and O–H groups in total. The molecule has 0 unspecified atom stereocenters. The number of primary amides is 2. The molecule has 110 heavy (non-hydrogen) atoms. The molecular formula is C72H107ClN32O5. The number of Topliss-reactive ketones (excluding diaryl/α,β-unsaturated/α-hetero) is 1. The fourth-order valence-corrected chi connectivity index (χ4v) is 14.4. The summed E-state index contributed by atoms with van der Waals surface area (Å²) in [5.74, 6) is 13.2. The number of aromatic nitrogens is 21. The normalized spacial score (nSPS) is 20.3. The first-order valence-corrected chi connectivity index (χ1v) is 37.9. The van der Waals surface area contributed by atoms with Crippen molar-refractivity contribution >= 4 is 70.8 Å². The monoisotopic (exact) mass is 1530 g/mol. The molecule has 7 aromatic heterocycles. The maximum Gasteiger partial charge on any atom is 0.300 e. The van der Waals surface area contributed by atoms with Crippen molar-refractivity contribution in [1.29, 1.82) is 0 Å². The van der Waals surface area contributed by atoms with E-state index in [0.717, 1.165) is 159 Å². The van der Waals surface area contributed by atoms with Gasteiger partial charge < -0.3 is 56.8 Å². The molecule has 7 saturated heterocycles. The van der Waals surface area contributed by atoms with E-state index >= 15 is 0 Å². The first-order valence-electron chi connectivity index (χ1n) is 37.5. The van der Waals surface area contributed by atoms with E-state index in [0.29, 0.717) is 106 Å². The summed E-state index contributed by atoms with van der Waals surface area (Å²) in [4.78, 5) is 140. The van der Waals surface area contributed by atoms with Crippen molar-refractivity contribution in [1.82, 2.24) is 105 Å². The second kappa shape index (κ2) is 40.3. The molecule has 14 heterocycles. The molecule has 14 rings (SSSR count). The van der Waals surface area contributed by atoms with Gasteiger partial charge in [0, 0.05) is 64.4 Å². The number of hydrogen-bond acceptors (Lipinski definition) is 34. The lowest BCUT2D eigenvalue weighted by Gasteiger charge is -2.24. The van der Waals surface area contributed by atoms with Crippen LogP contribution in [0.15, 0.2) is 12.3 Å². The first kappa shape index (κ1) is 85.1. The molecule has 0 aliphatic carbocycles. The van der Waals surface area contributed by atoms with Gasteiger partial charge in [0.05, 0.1) is 37.4 Å². The van der Waals surface area contributed by atoms with Crippen LogP contribution in [0.3, 0.4) is 0 Å². The molecular weight excluding hydrogens is 1430 g/mol. The summed E-state index contributed by atoms with van der Waals surface area (Å²) < 4.78 is 0. The minimum Gasteiger partial charge on any atom is -0.401 e. The molecule has 0 aromatic carbocycles. The summed E-state index contributed by atoms with van der Waals surface area (Å²) in [5.41, 5.74) is 17.1. The van der Waals surface area contributed by atoms with Crippen molar-refractivity contribution in [2.45, 2.75) is 236 Å². The van der Waals surface area contributed by atoms with Crippen LogP contribution in [-0.2, 0) is 14.4 Å². The summed E-state index contributed by atoms with van der Waals surface area (Å²) in [7, 11) is 0. The third-order valence-corrected chi connectivity index (χ3v) is 19.1. The van der Waals surface area contributed by atoms with E-state index in [1.165, 1.54) is 0 Å². The van der Waals surface area contributed by atoms with Gasteiger partial charge in [0.2, 0.25) is 58.7 Å². The molecule has 592 valence electrons. The van der Waals surface area contributed by atoms with Crippen LogP contribution in [0.25, 0.3) is 4.85 Å². The Bertz CT molecular complexity index is 3930. The first-order chi connectivity index (χ1) is 52.4. The Labute approximate surface area is 648 Å². The van der Waals surface area contributed by atoms with Crippen molar-refractivity contribution in [2.75, 3.05) is 93.3 Å². The molecule has 7 aliphatic rings. The molecule has 7 fully saturated rings. The van der Waals surface area contributed by atoms with Gasteiger partial charge in [-0.05, 0) is 185 Å². The molecule has 7 aliphatic heterocycles. The minimum atomic E-state index is -0.312. The maximum atomic E-state index is 11.9. The predicted octanol–water partition coefficient (Wildman–Crippen LogP) is 4.83. The number of anilines is 7. The molecule has 7 aromatic rings. The van der Waals surface area contributed by atoms with E-state index in [1.54, 1.807) is 6.92 Å². The average Bonchev–Trinajstić information content (AvgIpc) is 1.83. The fraction of sp³-hybridized carbons (Fsp3) is 0.625. The van der Waals surface area contributed by atoms with E-state index < -0.39 is 0 Å². The predicted molar refractivity (Wildman–Crippen MR) is 416 cm³/mol. The van der Waals surface area contributed by atoms with E-state index in [1.807, 2.05) is 115 Å². The van der Waals surface area contributed by atoms with Crippen molar-refractivity contribution < 1.29 is 24.6 Å². The number of carbonyl (C=O) groups excluding carboxylic acids is 3. The molecule has 37 nitrogen and oxygen atoms in total. The van der Waals surface area contributed by atoms with Crippen LogP contribution in [0.1, 0.15) is 179 Å². The minimum absolute atomic E-state index is 0.0406. The average molecular weight is 1540 g/mol. The molecule has 0 radical (unpaired) electrons. The Balaban J connectivity index is 0.000000161. The number of aryl methyl sites for hydroxylation is 13. The molecule has 38 heteroatoms. The highest BCUT2D eigenvalue weighted by molar-refractivity contribution is 6.28. The maximum absolute atomic E-state index is 11.9. The number of nitrogens with zero attached hydrogens (tertiary/aromatic N) is 29. The summed E-state index contributed by atoms with van der Waals surface area (Å²) in [6.45, 7) is 43.0. The third-order valence-electron chi connectivity index (χ3n) is 19.0. The Kier molecular flexibility index (Phi) is 31.2. The van der Waals surface area contributed by atoms with Crippen LogP contribution in [0, 0.1) is 96.6 Å². The van der Waals surface area contributed by atoms with Gasteiger partial charge in [-0.3, -0.25) is 24.1 Å². The van der Waals surface area contributed by atoms with Crippen molar-refractivity contribution in [3.63, 3.8) is 0 Å². The summed E-state index contributed by atoms with van der Waals surface area (Å²) in [6.07, 6.45) is 14.1. The Morgan fingerprint density at radius 3 is 0.891 bits per heavy atom. The largest absolute Gasteiger partial charge is 0.401 e. The Hall–Kier alpha value is -10.5. The van der Waals surface area contributed by atoms with Gasteiger partial charge in [-0.25, -0.2) is 41.5 Å². The number of halogens is 1. The number of hydrogen-bond donors (Lipinski definition) is 5. The van der Waals surface area contributed by atoms with Gasteiger partial charge >= 0.3 is 6.17 Å². The van der Waals surface area contributed by atoms with E-state index in [2.05, 4.69) is 126 Å². The highest BCUT2D eigenvalue weighted by Gasteiger charge is 2.36. The van der Waals surface area contributed by atoms with Crippen molar-refractivity contribution in [3.8, 4) is 0 Å². The van der Waals surface area contributed by atoms with Crippen LogP contribution in [0.4, 0.5) is 41.6 Å². The van der Waals surface area contributed by atoms with Gasteiger partial charge in [-0.1, -0.05) is 13.5 Å². The lowest BCUT2D eigenvalue weighted by atomic mass is 10.1. The van der Waals surface area contributed by atoms with Gasteiger partial charge in [0.15, 0.2) is 5.78 Å². The number of amides is 2. The van der Waals surface area contributed by atoms with E-state index in [9.17, 15) is 24.6 Å². The lowest BCUT2D eigenvalue weighted by molar-refractivity contribution is -0.120. The van der Waals surface area contributed by atoms with Gasteiger partial charge in [-0.15, -0.1) is 0 Å². The van der Waals surface area contributed by atoms with E-state index in [4.69, 9.17) is 35.4 Å². The molecule has 7 atom stereocenters. The van der Waals surface area contributed by atoms with Crippen LogP contribution < -0.4 is 51.5 Å². The quantitative estimate of drug-likeness (QED) is 0.0910. The number of ketones is 1. The van der Waals surface area contributed by atoms with Crippen LogP contribution in [0.5, 0.6) is 0 Å². The van der Waals surface area contributed by atoms with Gasteiger partial charge in [0.1, 0.15) is 87.8 Å². The Morgan fingerprint density at radius 2 is 0.600 bits per heavy atom. The van der Waals surface area contributed by atoms with Crippen molar-refractivity contribution in [3.05, 3.63) is 105 Å². The fourth-order valence-electron chi connectivity index (χ4n) is 14.2. The number of aliphatic hydroxyl groups is 2. The summed E-state index contributed by atoms with van der Waals surface area (Å²) >= 11 is 5.81. The van der Waals surface area contributed by atoms with Gasteiger partial charge in [-0.2, -0.15) is 69.8 Å². The zero-order chi connectivity index (χ0) is 80.0. The van der Waals surface area contributed by atoms with Crippen molar-refractivity contribution in [2.24, 2.45) is 17.2 Å². The number of carbonyl (C=O) groups is 3. The zero-order valence-electron chi connectivity index (χ0n) is 65.9. The smallest absolute Gasteiger partial charge is 0.300 e.